The second kappa shape index (κ2) is 5.71. The third kappa shape index (κ3) is 3.00. The van der Waals surface area contributed by atoms with Gasteiger partial charge in [-0.3, -0.25) is 0 Å². The summed E-state index contributed by atoms with van der Waals surface area (Å²) in [6.07, 6.45) is 3.50. The topological polar surface area (TPSA) is 32.3 Å². The number of benzene rings is 1. The predicted octanol–water partition coefficient (Wildman–Crippen LogP) is 2.28. The van der Waals surface area contributed by atoms with Crippen LogP contribution < -0.4 is 5.32 Å². The molecule has 1 aromatic carbocycles. The molecule has 0 aromatic heterocycles. The van der Waals surface area contributed by atoms with Crippen LogP contribution in [0.1, 0.15) is 19.3 Å². The van der Waals surface area contributed by atoms with Crippen LogP contribution in [0.4, 0.5) is 0 Å². The number of nitrogens with one attached hydrogen (secondary N) is 1. The van der Waals surface area contributed by atoms with Crippen LogP contribution in [0.15, 0.2) is 35.2 Å². The predicted molar refractivity (Wildman–Crippen MR) is 68.8 cm³/mol. The lowest BCUT2D eigenvalue weighted by Crippen LogP contribution is -2.54. The van der Waals surface area contributed by atoms with Crippen LogP contribution in [0.5, 0.6) is 0 Å². The van der Waals surface area contributed by atoms with E-state index < -0.39 is 0 Å². The molecule has 2 N–H and O–H groups in total. The van der Waals surface area contributed by atoms with Crippen molar-refractivity contribution >= 4 is 11.8 Å². The van der Waals surface area contributed by atoms with Crippen molar-refractivity contribution in [3.63, 3.8) is 0 Å². The Balaban J connectivity index is 1.65. The van der Waals surface area contributed by atoms with Crippen LogP contribution in [-0.4, -0.2) is 29.5 Å². The van der Waals surface area contributed by atoms with Gasteiger partial charge in [0.25, 0.3) is 0 Å². The number of aliphatic hydroxyl groups excluding tert-OH is 1. The van der Waals surface area contributed by atoms with Gasteiger partial charge in [0, 0.05) is 22.7 Å². The minimum Gasteiger partial charge on any atom is -0.394 e. The number of thioether (sulfide) groups is 1. The van der Waals surface area contributed by atoms with E-state index in [0.717, 1.165) is 25.1 Å². The summed E-state index contributed by atoms with van der Waals surface area (Å²) in [4.78, 5) is 1.32. The van der Waals surface area contributed by atoms with Gasteiger partial charge in [-0.25, -0.2) is 0 Å². The number of aliphatic hydroxyl groups is 1. The Bertz CT molecular complexity index is 305. The summed E-state index contributed by atoms with van der Waals surface area (Å²) >= 11 is 1.86. The highest BCUT2D eigenvalue weighted by Crippen LogP contribution is 2.31. The molecule has 0 radical (unpaired) electrons. The third-order valence-electron chi connectivity index (χ3n) is 3.23. The van der Waals surface area contributed by atoms with E-state index in [1.807, 2.05) is 17.8 Å². The molecule has 0 atom stereocenters. The highest BCUT2D eigenvalue weighted by Gasteiger charge is 2.35. The van der Waals surface area contributed by atoms with Crippen molar-refractivity contribution in [2.45, 2.75) is 29.7 Å². The lowest BCUT2D eigenvalue weighted by atomic mass is 9.77. The molecule has 88 valence electrons. The summed E-state index contributed by atoms with van der Waals surface area (Å²) in [7, 11) is 0. The van der Waals surface area contributed by atoms with Gasteiger partial charge in [0.15, 0.2) is 0 Å². The average Bonchev–Trinajstić information content (AvgIpc) is 2.29. The van der Waals surface area contributed by atoms with E-state index in [2.05, 4.69) is 29.6 Å². The molecule has 0 heterocycles. The van der Waals surface area contributed by atoms with Crippen LogP contribution in [0, 0.1) is 0 Å². The van der Waals surface area contributed by atoms with Gasteiger partial charge in [0.1, 0.15) is 0 Å². The molecule has 1 aromatic rings. The van der Waals surface area contributed by atoms with Crippen molar-refractivity contribution in [1.82, 2.24) is 5.32 Å². The van der Waals surface area contributed by atoms with Gasteiger partial charge in [-0.05, 0) is 31.4 Å². The Hall–Kier alpha value is -0.510. The first-order chi connectivity index (χ1) is 7.85. The van der Waals surface area contributed by atoms with E-state index in [1.54, 1.807) is 0 Å². The van der Waals surface area contributed by atoms with Gasteiger partial charge in [-0.1, -0.05) is 18.2 Å². The molecule has 2 rings (SSSR count). The van der Waals surface area contributed by atoms with Crippen LogP contribution in [0.25, 0.3) is 0 Å². The maximum atomic E-state index is 9.28. The average molecular weight is 237 g/mol. The van der Waals surface area contributed by atoms with Crippen LogP contribution in [-0.2, 0) is 0 Å². The van der Waals surface area contributed by atoms with Crippen molar-refractivity contribution in [3.8, 4) is 0 Å². The minimum absolute atomic E-state index is 0.0528. The summed E-state index contributed by atoms with van der Waals surface area (Å²) in [6.45, 7) is 1.25. The quantitative estimate of drug-likeness (QED) is 0.588. The fourth-order valence-electron chi connectivity index (χ4n) is 2.00. The molecule has 16 heavy (non-hydrogen) atoms. The zero-order valence-electron chi connectivity index (χ0n) is 9.48. The van der Waals surface area contributed by atoms with Crippen LogP contribution in [0.2, 0.25) is 0 Å². The zero-order valence-corrected chi connectivity index (χ0v) is 10.3. The van der Waals surface area contributed by atoms with E-state index in [9.17, 15) is 5.11 Å². The summed E-state index contributed by atoms with van der Waals surface area (Å²) in [6, 6.07) is 10.4. The van der Waals surface area contributed by atoms with Gasteiger partial charge < -0.3 is 10.4 Å². The molecule has 2 nitrogen and oxygen atoms in total. The lowest BCUT2D eigenvalue weighted by Gasteiger charge is -2.41. The zero-order chi connectivity index (χ0) is 11.3. The van der Waals surface area contributed by atoms with Gasteiger partial charge in [-0.15, -0.1) is 11.8 Å². The lowest BCUT2D eigenvalue weighted by molar-refractivity contribution is 0.0911. The Morgan fingerprint density at radius 1 is 1.25 bits per heavy atom. The van der Waals surface area contributed by atoms with E-state index in [1.165, 1.54) is 11.3 Å². The van der Waals surface area contributed by atoms with Crippen molar-refractivity contribution in [3.05, 3.63) is 30.3 Å². The fraction of sp³-hybridized carbons (Fsp3) is 0.538. The Labute approximate surface area is 101 Å². The van der Waals surface area contributed by atoms with E-state index in [0.29, 0.717) is 0 Å². The second-order valence-electron chi connectivity index (χ2n) is 4.38. The molecule has 0 spiro atoms. The maximum absolute atomic E-state index is 9.28. The number of hydrogen-bond donors (Lipinski definition) is 2. The summed E-state index contributed by atoms with van der Waals surface area (Å²) in [5.74, 6) is 1.06. The first kappa shape index (κ1) is 12.0. The van der Waals surface area contributed by atoms with Crippen molar-refractivity contribution in [2.24, 2.45) is 0 Å². The molecule has 1 aliphatic rings. The Morgan fingerprint density at radius 2 is 2.00 bits per heavy atom. The molecule has 0 bridgehead atoms. The normalized spacial score (nSPS) is 18.1. The summed E-state index contributed by atoms with van der Waals surface area (Å²) < 4.78 is 0. The Morgan fingerprint density at radius 3 is 2.56 bits per heavy atom. The summed E-state index contributed by atoms with van der Waals surface area (Å²) in [5.41, 5.74) is 0.0528. The standard InChI is InChI=1S/C13H19NOS/c15-11-13(7-4-8-13)14-9-10-16-12-5-2-1-3-6-12/h1-3,5-6,14-15H,4,7-11H2. The van der Waals surface area contributed by atoms with Gasteiger partial charge in [0.2, 0.25) is 0 Å². The highest BCUT2D eigenvalue weighted by atomic mass is 32.2. The highest BCUT2D eigenvalue weighted by molar-refractivity contribution is 7.99. The van der Waals surface area contributed by atoms with E-state index in [4.69, 9.17) is 0 Å². The maximum Gasteiger partial charge on any atom is 0.0613 e. The van der Waals surface area contributed by atoms with Crippen LogP contribution in [0.3, 0.4) is 0 Å². The SMILES string of the molecule is OCC1(NCCSc2ccccc2)CCC1. The molecule has 0 aliphatic heterocycles. The molecule has 0 unspecified atom stereocenters. The number of hydrogen-bond acceptors (Lipinski definition) is 3. The Kier molecular flexibility index (Phi) is 4.27. The van der Waals surface area contributed by atoms with Crippen molar-refractivity contribution < 1.29 is 5.11 Å². The largest absolute Gasteiger partial charge is 0.394 e. The fourth-order valence-corrected chi connectivity index (χ4v) is 2.79. The van der Waals surface area contributed by atoms with Gasteiger partial charge >= 0.3 is 0 Å². The third-order valence-corrected chi connectivity index (χ3v) is 4.24. The monoisotopic (exact) mass is 237 g/mol. The molecule has 0 saturated heterocycles. The molecule has 0 amide bonds. The van der Waals surface area contributed by atoms with E-state index in [-0.39, 0.29) is 12.1 Å². The van der Waals surface area contributed by atoms with Crippen LogP contribution >= 0.6 is 11.8 Å². The molecule has 3 heteroatoms. The molecule has 1 aliphatic carbocycles. The smallest absolute Gasteiger partial charge is 0.0613 e. The van der Waals surface area contributed by atoms with Gasteiger partial charge in [-0.2, -0.15) is 0 Å². The minimum atomic E-state index is 0.0528. The van der Waals surface area contributed by atoms with Crippen molar-refractivity contribution in [2.75, 3.05) is 18.9 Å². The number of rotatable bonds is 6. The molecule has 1 fully saturated rings. The first-order valence-electron chi connectivity index (χ1n) is 5.88. The molecular weight excluding hydrogens is 218 g/mol. The first-order valence-corrected chi connectivity index (χ1v) is 6.87. The summed E-state index contributed by atoms with van der Waals surface area (Å²) in [5, 5.41) is 12.8. The molecule has 1 saturated carbocycles. The van der Waals surface area contributed by atoms with Gasteiger partial charge in [0.05, 0.1) is 6.61 Å². The van der Waals surface area contributed by atoms with E-state index >= 15 is 0 Å². The van der Waals surface area contributed by atoms with Crippen molar-refractivity contribution in [1.29, 1.82) is 0 Å². The molecular formula is C13H19NOS. The second-order valence-corrected chi connectivity index (χ2v) is 5.55.